The number of alkyl halides is 3. The van der Waals surface area contributed by atoms with Crippen molar-refractivity contribution >= 4 is 32.5 Å². The van der Waals surface area contributed by atoms with Crippen LogP contribution < -0.4 is 9.46 Å². The van der Waals surface area contributed by atoms with E-state index in [1.807, 2.05) is 0 Å². The Kier molecular flexibility index (Phi) is 6.08. The predicted molar refractivity (Wildman–Crippen MR) is 86.4 cm³/mol. The van der Waals surface area contributed by atoms with Gasteiger partial charge < -0.3 is 9.47 Å². The summed E-state index contributed by atoms with van der Waals surface area (Å²) in [6.45, 7) is 1.89. The molecule has 0 aliphatic rings. The highest BCUT2D eigenvalue weighted by Gasteiger charge is 2.31. The molecule has 7 nitrogen and oxygen atoms in total. The molecule has 0 spiro atoms. The first-order valence-electron chi connectivity index (χ1n) is 7.08. The van der Waals surface area contributed by atoms with Gasteiger partial charge in [0.15, 0.2) is 5.13 Å². The Balaban J connectivity index is 2.06. The first kappa shape index (κ1) is 20.0. The number of rotatable bonds is 7. The zero-order valence-electron chi connectivity index (χ0n) is 13.2. The number of carbonyl (C=O) groups is 1. The number of ether oxygens (including phenoxy) is 2. The lowest BCUT2D eigenvalue weighted by molar-refractivity contribution is -0.274. The highest BCUT2D eigenvalue weighted by Crippen LogP contribution is 2.26. The van der Waals surface area contributed by atoms with Crippen LogP contribution in [0, 0.1) is 0 Å². The summed E-state index contributed by atoms with van der Waals surface area (Å²) in [4.78, 5) is 15.5. The molecule has 12 heteroatoms. The van der Waals surface area contributed by atoms with E-state index in [1.54, 1.807) is 6.92 Å². The zero-order valence-corrected chi connectivity index (χ0v) is 14.9. The number of thiazole rings is 1. The predicted octanol–water partition coefficient (Wildman–Crippen LogP) is 2.95. The minimum atomic E-state index is -4.87. The fourth-order valence-corrected chi connectivity index (χ4v) is 3.82. The normalized spacial score (nSPS) is 11.8. The number of anilines is 1. The van der Waals surface area contributed by atoms with Gasteiger partial charge in [-0.3, -0.25) is 9.52 Å². The second-order valence-corrected chi connectivity index (χ2v) is 7.54. The summed E-state index contributed by atoms with van der Waals surface area (Å²) in [5.41, 5.74) is 0. The van der Waals surface area contributed by atoms with Gasteiger partial charge in [-0.1, -0.05) is 0 Å². The maximum Gasteiger partial charge on any atom is 0.573 e. The minimum absolute atomic E-state index is 0.0138. The lowest BCUT2D eigenvalue weighted by Gasteiger charge is -2.09. The molecular weight excluding hydrogens is 397 g/mol. The number of hydrogen-bond acceptors (Lipinski definition) is 7. The van der Waals surface area contributed by atoms with E-state index in [0.29, 0.717) is 4.88 Å². The van der Waals surface area contributed by atoms with E-state index in [1.165, 1.54) is 6.20 Å². The molecule has 2 aromatic rings. The van der Waals surface area contributed by atoms with E-state index in [0.717, 1.165) is 35.6 Å². The molecule has 1 heterocycles. The molecule has 26 heavy (non-hydrogen) atoms. The van der Waals surface area contributed by atoms with Gasteiger partial charge in [0.05, 0.1) is 17.9 Å². The van der Waals surface area contributed by atoms with Crippen LogP contribution in [-0.4, -0.2) is 32.3 Å². The van der Waals surface area contributed by atoms with E-state index in [-0.39, 0.29) is 23.1 Å². The van der Waals surface area contributed by atoms with Gasteiger partial charge in [0.1, 0.15) is 5.75 Å². The summed E-state index contributed by atoms with van der Waals surface area (Å²) in [7, 11) is -4.05. The van der Waals surface area contributed by atoms with Gasteiger partial charge in [-0.05, 0) is 31.2 Å². The summed E-state index contributed by atoms with van der Waals surface area (Å²) < 4.78 is 71.5. The van der Waals surface area contributed by atoms with Crippen LogP contribution in [-0.2, 0) is 26.0 Å². The smallest absolute Gasteiger partial charge is 0.466 e. The largest absolute Gasteiger partial charge is 0.573 e. The molecule has 0 radical (unpaired) electrons. The Morgan fingerprint density at radius 2 is 1.92 bits per heavy atom. The number of hydrogen-bond donors (Lipinski definition) is 1. The van der Waals surface area contributed by atoms with E-state index in [9.17, 15) is 26.4 Å². The van der Waals surface area contributed by atoms with Crippen LogP contribution in [0.2, 0.25) is 0 Å². The number of sulfonamides is 1. The second-order valence-electron chi connectivity index (χ2n) is 4.74. The Labute approximate surface area is 150 Å². The Bertz CT molecular complexity index is 863. The Morgan fingerprint density at radius 3 is 2.50 bits per heavy atom. The van der Waals surface area contributed by atoms with E-state index in [2.05, 4.69) is 14.4 Å². The molecule has 0 saturated carbocycles. The van der Waals surface area contributed by atoms with Crippen LogP contribution >= 0.6 is 11.3 Å². The average Bonchev–Trinajstić information content (AvgIpc) is 2.92. The standard InChI is InChI=1S/C14H13F3N2O5S2/c1-2-23-12(20)7-10-8-18-13(25-10)19-26(21,22)11-5-3-9(4-6-11)24-14(15,16)17/h3-6,8H,2,7H2,1H3,(H,18,19). The maximum atomic E-state index is 12.2. The van der Waals surface area contributed by atoms with Crippen molar-refractivity contribution in [2.45, 2.75) is 24.6 Å². The van der Waals surface area contributed by atoms with Crippen molar-refractivity contribution in [1.82, 2.24) is 4.98 Å². The number of halogens is 3. The number of carbonyl (C=O) groups excluding carboxylic acids is 1. The van der Waals surface area contributed by atoms with Crippen LogP contribution in [0.3, 0.4) is 0 Å². The van der Waals surface area contributed by atoms with E-state index >= 15 is 0 Å². The molecule has 2 rings (SSSR count). The van der Waals surface area contributed by atoms with Crippen molar-refractivity contribution < 1.29 is 35.9 Å². The number of esters is 1. The summed E-state index contributed by atoms with van der Waals surface area (Å²) in [6.07, 6.45) is -3.58. The summed E-state index contributed by atoms with van der Waals surface area (Å²) in [5.74, 6) is -1.01. The monoisotopic (exact) mass is 410 g/mol. The highest BCUT2D eigenvalue weighted by molar-refractivity contribution is 7.93. The fraction of sp³-hybridized carbons (Fsp3) is 0.286. The van der Waals surface area contributed by atoms with E-state index in [4.69, 9.17) is 4.74 Å². The topological polar surface area (TPSA) is 94.6 Å². The summed E-state index contributed by atoms with van der Waals surface area (Å²) in [5, 5.41) is 0.0138. The molecule has 1 aromatic carbocycles. The molecule has 0 atom stereocenters. The third-order valence-corrected chi connectivity index (χ3v) is 5.16. The van der Waals surface area contributed by atoms with Crippen molar-refractivity contribution in [2.75, 3.05) is 11.3 Å². The lowest BCUT2D eigenvalue weighted by Crippen LogP contribution is -2.17. The van der Waals surface area contributed by atoms with Crippen LogP contribution in [0.1, 0.15) is 11.8 Å². The first-order valence-corrected chi connectivity index (χ1v) is 9.38. The molecule has 0 aliphatic carbocycles. The highest BCUT2D eigenvalue weighted by atomic mass is 32.2. The van der Waals surface area contributed by atoms with Gasteiger partial charge in [0, 0.05) is 11.1 Å². The number of aromatic nitrogens is 1. The first-order chi connectivity index (χ1) is 12.1. The van der Waals surface area contributed by atoms with Crippen molar-refractivity contribution in [1.29, 1.82) is 0 Å². The third-order valence-electron chi connectivity index (χ3n) is 2.77. The Hall–Kier alpha value is -2.34. The second kappa shape index (κ2) is 7.91. The maximum absolute atomic E-state index is 12.2. The minimum Gasteiger partial charge on any atom is -0.466 e. The van der Waals surface area contributed by atoms with Crippen LogP contribution in [0.25, 0.3) is 0 Å². The lowest BCUT2D eigenvalue weighted by atomic mass is 10.3. The van der Waals surface area contributed by atoms with Crippen LogP contribution in [0.4, 0.5) is 18.3 Å². The molecule has 1 aromatic heterocycles. The number of nitrogens with one attached hydrogen (secondary N) is 1. The molecule has 0 fully saturated rings. The van der Waals surface area contributed by atoms with E-state index < -0.39 is 28.1 Å². The van der Waals surface area contributed by atoms with Gasteiger partial charge in [-0.15, -0.1) is 24.5 Å². The van der Waals surface area contributed by atoms with Crippen LogP contribution in [0.5, 0.6) is 5.75 Å². The van der Waals surface area contributed by atoms with Gasteiger partial charge in [0.2, 0.25) is 0 Å². The molecule has 0 bridgehead atoms. The van der Waals surface area contributed by atoms with Crippen LogP contribution in [0.15, 0.2) is 35.4 Å². The number of nitrogens with zero attached hydrogens (tertiary/aromatic N) is 1. The quantitative estimate of drug-likeness (QED) is 0.706. The molecule has 0 unspecified atom stereocenters. The van der Waals surface area contributed by atoms with Gasteiger partial charge in [0.25, 0.3) is 10.0 Å². The SMILES string of the molecule is CCOC(=O)Cc1cnc(NS(=O)(=O)c2ccc(OC(F)(F)F)cc2)s1. The van der Waals surface area contributed by atoms with Crippen molar-refractivity contribution in [3.63, 3.8) is 0 Å². The van der Waals surface area contributed by atoms with Crippen molar-refractivity contribution in [3.05, 3.63) is 35.3 Å². The number of benzene rings is 1. The fourth-order valence-electron chi connectivity index (χ4n) is 1.79. The summed E-state index contributed by atoms with van der Waals surface area (Å²) >= 11 is 0.944. The van der Waals surface area contributed by atoms with Crippen molar-refractivity contribution in [3.8, 4) is 5.75 Å². The third kappa shape index (κ3) is 5.88. The van der Waals surface area contributed by atoms with Gasteiger partial charge >= 0.3 is 12.3 Å². The molecule has 0 saturated heterocycles. The molecule has 0 aliphatic heterocycles. The molecule has 1 N–H and O–H groups in total. The van der Waals surface area contributed by atoms with Crippen molar-refractivity contribution in [2.24, 2.45) is 0 Å². The van der Waals surface area contributed by atoms with Gasteiger partial charge in [-0.2, -0.15) is 0 Å². The molecule has 142 valence electrons. The average molecular weight is 410 g/mol. The molecule has 0 amide bonds. The Morgan fingerprint density at radius 1 is 1.27 bits per heavy atom. The zero-order chi connectivity index (χ0) is 19.4. The molecular formula is C14H13F3N2O5S2. The summed E-state index contributed by atoms with van der Waals surface area (Å²) in [6, 6.07) is 3.71. The van der Waals surface area contributed by atoms with Gasteiger partial charge in [-0.25, -0.2) is 13.4 Å².